The lowest BCUT2D eigenvalue weighted by Crippen LogP contribution is -2.48. The van der Waals surface area contributed by atoms with Crippen molar-refractivity contribution < 1.29 is 35.8 Å². The Morgan fingerprint density at radius 1 is 1.06 bits per heavy atom. The van der Waals surface area contributed by atoms with Crippen LogP contribution in [0.4, 0.5) is 13.2 Å². The third-order valence-corrected chi connectivity index (χ3v) is 7.55. The Bertz CT molecular complexity index is 1360. The van der Waals surface area contributed by atoms with E-state index in [2.05, 4.69) is 4.74 Å². The average Bonchev–Trinajstić information content (AvgIpc) is 2.76. The minimum absolute atomic E-state index is 0.0182. The maximum Gasteiger partial charge on any atom is 0.573 e. The molecule has 12 heteroatoms. The Hall–Kier alpha value is -3.09. The highest BCUT2D eigenvalue weighted by Gasteiger charge is 2.32. The van der Waals surface area contributed by atoms with Crippen molar-refractivity contribution in [2.24, 2.45) is 0 Å². The van der Waals surface area contributed by atoms with Gasteiger partial charge < -0.3 is 14.3 Å². The van der Waals surface area contributed by atoms with Crippen LogP contribution in [0.3, 0.4) is 0 Å². The number of hydrogen-bond acceptors (Lipinski definition) is 7. The number of halogens is 3. The van der Waals surface area contributed by atoms with Crippen LogP contribution in [-0.2, 0) is 16.6 Å². The largest absolute Gasteiger partial charge is 0.573 e. The average molecular weight is 498 g/mol. The molecule has 4 rings (SSSR count). The van der Waals surface area contributed by atoms with Crippen LogP contribution in [-0.4, -0.2) is 55.3 Å². The molecule has 1 aliphatic rings. The van der Waals surface area contributed by atoms with Gasteiger partial charge in [0.05, 0.1) is 4.90 Å². The number of rotatable bonds is 5. The lowest BCUT2D eigenvalue weighted by Gasteiger charge is -2.34. The minimum Gasteiger partial charge on any atom is -0.508 e. The van der Waals surface area contributed by atoms with Gasteiger partial charge in [0, 0.05) is 49.7 Å². The van der Waals surface area contributed by atoms with Crippen LogP contribution in [0.15, 0.2) is 56.6 Å². The van der Waals surface area contributed by atoms with Crippen LogP contribution in [0.25, 0.3) is 11.0 Å². The fourth-order valence-corrected chi connectivity index (χ4v) is 5.30. The molecule has 0 atom stereocenters. The van der Waals surface area contributed by atoms with E-state index in [1.807, 2.05) is 4.90 Å². The third-order valence-electron chi connectivity index (χ3n) is 5.64. The second kappa shape index (κ2) is 8.93. The molecule has 1 aromatic heterocycles. The lowest BCUT2D eigenvalue weighted by atomic mass is 10.1. The zero-order valence-corrected chi connectivity index (χ0v) is 18.8. The van der Waals surface area contributed by atoms with Gasteiger partial charge in [-0.2, -0.15) is 4.31 Å². The number of aryl methyl sites for hydroxylation is 1. The van der Waals surface area contributed by atoms with Gasteiger partial charge in [-0.1, -0.05) is 0 Å². The van der Waals surface area contributed by atoms with Gasteiger partial charge in [-0.25, -0.2) is 13.2 Å². The number of phenols is 1. The molecule has 0 saturated carbocycles. The molecule has 0 radical (unpaired) electrons. The molecule has 1 N–H and O–H groups in total. The van der Waals surface area contributed by atoms with Crippen molar-refractivity contribution in [1.29, 1.82) is 0 Å². The molecule has 2 aromatic carbocycles. The summed E-state index contributed by atoms with van der Waals surface area (Å²) in [6.45, 7) is 3.13. The SMILES string of the molecule is Cc1c(O)ccc2c(CN3CCN(S(=O)(=O)c4ccc(OC(F)(F)F)cc4)CC3)cc(=O)oc12. The topological polar surface area (TPSA) is 100 Å². The zero-order valence-electron chi connectivity index (χ0n) is 18.0. The number of aromatic hydroxyl groups is 1. The Morgan fingerprint density at radius 3 is 2.32 bits per heavy atom. The molecule has 1 saturated heterocycles. The monoisotopic (exact) mass is 498 g/mol. The molecule has 182 valence electrons. The van der Waals surface area contributed by atoms with Crippen LogP contribution < -0.4 is 10.4 Å². The van der Waals surface area contributed by atoms with E-state index in [0.717, 1.165) is 24.3 Å². The summed E-state index contributed by atoms with van der Waals surface area (Å²) in [5.41, 5.74) is 0.918. The van der Waals surface area contributed by atoms with E-state index in [1.165, 1.54) is 16.4 Å². The van der Waals surface area contributed by atoms with Crippen molar-refractivity contribution in [2.75, 3.05) is 26.2 Å². The van der Waals surface area contributed by atoms with Crippen LogP contribution >= 0.6 is 0 Å². The highest BCUT2D eigenvalue weighted by atomic mass is 32.2. The van der Waals surface area contributed by atoms with Crippen molar-refractivity contribution in [2.45, 2.75) is 24.7 Å². The van der Waals surface area contributed by atoms with Crippen LogP contribution in [0.1, 0.15) is 11.1 Å². The molecule has 0 spiro atoms. The number of phenolic OH excluding ortho intramolecular Hbond substituents is 1. The standard InChI is InChI=1S/C22H21F3N2O6S/c1-14-19(28)7-6-18-15(12-20(29)32-21(14)18)13-26-8-10-27(11-9-26)34(30,31)17-4-2-16(3-5-17)33-22(23,24)25/h2-7,12,28H,8-11,13H2,1H3. The van der Waals surface area contributed by atoms with Crippen LogP contribution in [0.5, 0.6) is 11.5 Å². The first-order valence-corrected chi connectivity index (χ1v) is 11.7. The number of nitrogens with zero attached hydrogens (tertiary/aromatic N) is 2. The van der Waals surface area contributed by atoms with Crippen molar-refractivity contribution in [3.63, 3.8) is 0 Å². The molecule has 2 heterocycles. The van der Waals surface area contributed by atoms with Crippen LogP contribution in [0, 0.1) is 6.92 Å². The highest BCUT2D eigenvalue weighted by molar-refractivity contribution is 7.89. The molecule has 8 nitrogen and oxygen atoms in total. The van der Waals surface area contributed by atoms with Gasteiger partial charge in [0.1, 0.15) is 17.1 Å². The van der Waals surface area contributed by atoms with E-state index < -0.39 is 27.8 Å². The Morgan fingerprint density at radius 2 is 1.71 bits per heavy atom. The number of hydrogen-bond donors (Lipinski definition) is 1. The summed E-state index contributed by atoms with van der Waals surface area (Å²) < 4.78 is 73.1. The molecule has 3 aromatic rings. The summed E-state index contributed by atoms with van der Waals surface area (Å²) in [7, 11) is -3.89. The fraction of sp³-hybridized carbons (Fsp3) is 0.318. The van der Waals surface area contributed by atoms with Gasteiger partial charge in [-0.15, -0.1) is 13.2 Å². The van der Waals surface area contributed by atoms with Gasteiger partial charge >= 0.3 is 12.0 Å². The fourth-order valence-electron chi connectivity index (χ4n) is 3.88. The molecular formula is C22H21F3N2O6S. The molecule has 34 heavy (non-hydrogen) atoms. The van der Waals surface area contributed by atoms with Gasteiger partial charge in [-0.3, -0.25) is 4.90 Å². The van der Waals surface area contributed by atoms with Gasteiger partial charge in [-0.05, 0) is 48.9 Å². The molecule has 1 aliphatic heterocycles. The van der Waals surface area contributed by atoms with E-state index in [-0.39, 0.29) is 23.7 Å². The Kier molecular flexibility index (Phi) is 6.32. The van der Waals surface area contributed by atoms with Crippen molar-refractivity contribution in [3.05, 3.63) is 64.0 Å². The number of alkyl halides is 3. The quantitative estimate of drug-likeness (QED) is 0.539. The van der Waals surface area contributed by atoms with Crippen molar-refractivity contribution in [1.82, 2.24) is 9.21 Å². The van der Waals surface area contributed by atoms with Crippen molar-refractivity contribution >= 4 is 21.0 Å². The number of benzene rings is 2. The van der Waals surface area contributed by atoms with E-state index >= 15 is 0 Å². The third kappa shape index (κ3) is 5.03. The predicted octanol–water partition coefficient (Wildman–Crippen LogP) is 3.21. The summed E-state index contributed by atoms with van der Waals surface area (Å²) in [6.07, 6.45) is -4.86. The Labute approximate surface area is 192 Å². The van der Waals surface area contributed by atoms with E-state index in [9.17, 15) is 31.5 Å². The maximum atomic E-state index is 12.9. The first-order valence-electron chi connectivity index (χ1n) is 10.3. The number of piperazine rings is 1. The first-order chi connectivity index (χ1) is 15.9. The summed E-state index contributed by atoms with van der Waals surface area (Å²) >= 11 is 0. The summed E-state index contributed by atoms with van der Waals surface area (Å²) in [4.78, 5) is 13.9. The van der Waals surface area contributed by atoms with Gasteiger partial charge in [0.25, 0.3) is 0 Å². The van der Waals surface area contributed by atoms with E-state index in [1.54, 1.807) is 13.0 Å². The Balaban J connectivity index is 1.45. The summed E-state index contributed by atoms with van der Waals surface area (Å²) in [6, 6.07) is 8.66. The summed E-state index contributed by atoms with van der Waals surface area (Å²) in [5.74, 6) is -0.482. The van der Waals surface area contributed by atoms with Crippen LogP contribution in [0.2, 0.25) is 0 Å². The second-order valence-electron chi connectivity index (χ2n) is 7.88. The number of sulfonamides is 1. The molecular weight excluding hydrogens is 477 g/mol. The smallest absolute Gasteiger partial charge is 0.508 e. The van der Waals surface area contributed by atoms with Gasteiger partial charge in [0.15, 0.2) is 0 Å². The van der Waals surface area contributed by atoms with E-state index in [4.69, 9.17) is 4.42 Å². The van der Waals surface area contributed by atoms with Crippen molar-refractivity contribution in [3.8, 4) is 11.5 Å². The molecule has 0 unspecified atom stereocenters. The molecule has 0 aliphatic carbocycles. The zero-order chi connectivity index (χ0) is 24.7. The van der Waals surface area contributed by atoms with E-state index in [0.29, 0.717) is 41.7 Å². The highest BCUT2D eigenvalue weighted by Crippen LogP contribution is 2.29. The first kappa shape index (κ1) is 24.0. The maximum absolute atomic E-state index is 12.9. The second-order valence-corrected chi connectivity index (χ2v) is 9.81. The van der Waals surface area contributed by atoms with Gasteiger partial charge in [0.2, 0.25) is 10.0 Å². The molecule has 1 fully saturated rings. The minimum atomic E-state index is -4.86. The predicted molar refractivity (Wildman–Crippen MR) is 116 cm³/mol. The molecule has 0 bridgehead atoms. The molecule has 0 amide bonds. The number of fused-ring (bicyclic) bond motifs is 1. The lowest BCUT2D eigenvalue weighted by molar-refractivity contribution is -0.274. The normalized spacial score (nSPS) is 16.1. The number of ether oxygens (including phenoxy) is 1. The summed E-state index contributed by atoms with van der Waals surface area (Å²) in [5, 5.41) is 10.6.